The van der Waals surface area contributed by atoms with Crippen LogP contribution in [-0.2, 0) is 9.84 Å². The first-order valence-electron chi connectivity index (χ1n) is 6.16. The van der Waals surface area contributed by atoms with E-state index in [1.165, 1.54) is 18.2 Å². The molecule has 0 heterocycles. The van der Waals surface area contributed by atoms with Crippen LogP contribution >= 0.6 is 11.6 Å². The first-order valence-corrected chi connectivity index (χ1v) is 8.19. The van der Waals surface area contributed by atoms with Gasteiger partial charge >= 0.3 is 0 Å². The largest absolute Gasteiger partial charge is 0.289 e. The third-order valence-corrected chi connectivity index (χ3v) is 4.83. The Balaban J connectivity index is 2.20. The molecule has 0 aliphatic carbocycles. The number of halogens is 1. The Hall–Kier alpha value is -1.91. The molecule has 0 unspecified atom stereocenters. The molecular formula is C16H13ClO3S. The maximum absolute atomic E-state index is 12.2. The molecule has 0 bridgehead atoms. The predicted octanol–water partition coefficient (Wildman–Crippen LogP) is 3.55. The van der Waals surface area contributed by atoms with Crippen molar-refractivity contribution in [1.82, 2.24) is 0 Å². The standard InChI is InChI=1S/C16H13ClO3S/c1-12(16(18)13-6-5-7-14(17)10-13)11-21(19,20)15-8-3-2-4-9-15/h2-10H,1,11H2. The highest BCUT2D eigenvalue weighted by atomic mass is 35.5. The first-order chi connectivity index (χ1) is 9.90. The summed E-state index contributed by atoms with van der Waals surface area (Å²) in [5.41, 5.74) is 0.344. The number of rotatable bonds is 5. The zero-order valence-corrected chi connectivity index (χ0v) is 12.7. The number of carbonyl (C=O) groups excluding carboxylic acids is 1. The van der Waals surface area contributed by atoms with Gasteiger partial charge in [-0.2, -0.15) is 0 Å². The van der Waals surface area contributed by atoms with Gasteiger partial charge in [-0.1, -0.05) is 48.5 Å². The molecule has 21 heavy (non-hydrogen) atoms. The third-order valence-electron chi connectivity index (χ3n) is 2.87. The Morgan fingerprint density at radius 2 is 1.71 bits per heavy atom. The molecule has 108 valence electrons. The minimum Gasteiger partial charge on any atom is -0.289 e. The van der Waals surface area contributed by atoms with E-state index < -0.39 is 21.4 Å². The molecule has 0 atom stereocenters. The summed E-state index contributed by atoms with van der Waals surface area (Å²) in [4.78, 5) is 12.4. The van der Waals surface area contributed by atoms with Crippen LogP contribution in [0, 0.1) is 0 Å². The van der Waals surface area contributed by atoms with Gasteiger partial charge in [-0.15, -0.1) is 0 Å². The van der Waals surface area contributed by atoms with Crippen LogP contribution in [0.5, 0.6) is 0 Å². The molecular weight excluding hydrogens is 308 g/mol. The van der Waals surface area contributed by atoms with Gasteiger partial charge in [-0.3, -0.25) is 4.79 Å². The highest BCUT2D eigenvalue weighted by Gasteiger charge is 2.20. The van der Waals surface area contributed by atoms with Crippen molar-refractivity contribution in [3.8, 4) is 0 Å². The summed E-state index contributed by atoms with van der Waals surface area (Å²) in [5.74, 6) is -0.834. The van der Waals surface area contributed by atoms with Crippen LogP contribution in [0.1, 0.15) is 10.4 Å². The van der Waals surface area contributed by atoms with Crippen molar-refractivity contribution in [2.45, 2.75) is 4.90 Å². The Morgan fingerprint density at radius 1 is 1.05 bits per heavy atom. The van der Waals surface area contributed by atoms with E-state index in [1.54, 1.807) is 36.4 Å². The molecule has 0 aromatic heterocycles. The Bertz CT molecular complexity index is 780. The number of carbonyl (C=O) groups is 1. The maximum Gasteiger partial charge on any atom is 0.189 e. The zero-order chi connectivity index (χ0) is 15.5. The molecule has 2 aromatic rings. The molecule has 0 saturated carbocycles. The summed E-state index contributed by atoms with van der Waals surface area (Å²) in [6, 6.07) is 14.3. The SMILES string of the molecule is C=C(CS(=O)(=O)c1ccccc1)C(=O)c1cccc(Cl)c1. The van der Waals surface area contributed by atoms with Crippen LogP contribution in [0.3, 0.4) is 0 Å². The summed E-state index contributed by atoms with van der Waals surface area (Å²) in [6.07, 6.45) is 0. The van der Waals surface area contributed by atoms with Crippen molar-refractivity contribution in [2.24, 2.45) is 0 Å². The Morgan fingerprint density at radius 3 is 2.33 bits per heavy atom. The van der Waals surface area contributed by atoms with Crippen LogP contribution in [-0.4, -0.2) is 20.0 Å². The lowest BCUT2D eigenvalue weighted by atomic mass is 10.1. The molecule has 3 nitrogen and oxygen atoms in total. The molecule has 0 fully saturated rings. The van der Waals surface area contributed by atoms with Gasteiger partial charge in [-0.05, 0) is 24.3 Å². The Kier molecular flexibility index (Phi) is 4.60. The smallest absolute Gasteiger partial charge is 0.189 e. The van der Waals surface area contributed by atoms with Gasteiger partial charge in [0.25, 0.3) is 0 Å². The number of Topliss-reactive ketones (excluding diaryl/α,β-unsaturated/α-hetero) is 1. The van der Waals surface area contributed by atoms with Crippen molar-refractivity contribution in [2.75, 3.05) is 5.75 Å². The summed E-state index contributed by atoms with van der Waals surface area (Å²) in [6.45, 7) is 3.60. The highest BCUT2D eigenvalue weighted by Crippen LogP contribution is 2.17. The third kappa shape index (κ3) is 3.80. The molecule has 0 radical (unpaired) electrons. The first kappa shape index (κ1) is 15.5. The summed E-state index contributed by atoms with van der Waals surface area (Å²) < 4.78 is 24.4. The molecule has 0 amide bonds. The normalized spacial score (nSPS) is 11.1. The quantitative estimate of drug-likeness (QED) is 0.625. The number of benzene rings is 2. The second kappa shape index (κ2) is 6.24. The monoisotopic (exact) mass is 320 g/mol. The highest BCUT2D eigenvalue weighted by molar-refractivity contribution is 7.91. The summed E-state index contributed by atoms with van der Waals surface area (Å²) in [5, 5.41) is 0.416. The Labute approximate surface area is 128 Å². The minimum atomic E-state index is -3.58. The van der Waals surface area contributed by atoms with Crippen molar-refractivity contribution < 1.29 is 13.2 Å². The lowest BCUT2D eigenvalue weighted by Gasteiger charge is -2.07. The number of hydrogen-bond acceptors (Lipinski definition) is 3. The minimum absolute atomic E-state index is 0.0149. The second-order valence-electron chi connectivity index (χ2n) is 4.52. The van der Waals surface area contributed by atoms with Crippen LogP contribution in [0.2, 0.25) is 5.02 Å². The van der Waals surface area contributed by atoms with Gasteiger partial charge in [0.15, 0.2) is 15.6 Å². The van der Waals surface area contributed by atoms with Gasteiger partial charge in [0.1, 0.15) is 0 Å². The molecule has 0 saturated heterocycles. The van der Waals surface area contributed by atoms with E-state index in [4.69, 9.17) is 11.6 Å². The molecule has 0 aliphatic rings. The number of ketones is 1. The van der Waals surface area contributed by atoms with Crippen molar-refractivity contribution in [3.63, 3.8) is 0 Å². The molecule has 5 heteroatoms. The average molecular weight is 321 g/mol. The van der Waals surface area contributed by atoms with Crippen LogP contribution < -0.4 is 0 Å². The summed E-state index contributed by atoms with van der Waals surface area (Å²) >= 11 is 5.82. The van der Waals surface area contributed by atoms with Gasteiger partial charge < -0.3 is 0 Å². The van der Waals surface area contributed by atoms with Crippen molar-refractivity contribution in [3.05, 3.63) is 77.3 Å². The van der Waals surface area contributed by atoms with E-state index in [0.29, 0.717) is 10.6 Å². The molecule has 0 spiro atoms. The molecule has 2 rings (SSSR count). The van der Waals surface area contributed by atoms with Crippen molar-refractivity contribution in [1.29, 1.82) is 0 Å². The predicted molar refractivity (Wildman–Crippen MR) is 83.4 cm³/mol. The topological polar surface area (TPSA) is 51.2 Å². The van der Waals surface area contributed by atoms with E-state index in [9.17, 15) is 13.2 Å². The fourth-order valence-corrected chi connectivity index (χ4v) is 3.36. The van der Waals surface area contributed by atoms with Gasteiger partial charge in [0.05, 0.1) is 10.6 Å². The van der Waals surface area contributed by atoms with Gasteiger partial charge in [-0.25, -0.2) is 8.42 Å². The number of sulfone groups is 1. The lowest BCUT2D eigenvalue weighted by Crippen LogP contribution is -2.14. The second-order valence-corrected chi connectivity index (χ2v) is 6.94. The molecule has 0 N–H and O–H groups in total. The van der Waals surface area contributed by atoms with Gasteiger partial charge in [0.2, 0.25) is 0 Å². The zero-order valence-electron chi connectivity index (χ0n) is 11.1. The lowest BCUT2D eigenvalue weighted by molar-refractivity contribution is 0.103. The van der Waals surface area contributed by atoms with E-state index >= 15 is 0 Å². The number of hydrogen-bond donors (Lipinski definition) is 0. The van der Waals surface area contributed by atoms with Gasteiger partial charge in [0, 0.05) is 16.2 Å². The van der Waals surface area contributed by atoms with E-state index in [1.807, 2.05) is 0 Å². The summed E-state index contributed by atoms with van der Waals surface area (Å²) in [7, 11) is -3.58. The van der Waals surface area contributed by atoms with E-state index in [0.717, 1.165) is 0 Å². The average Bonchev–Trinajstić information content (AvgIpc) is 2.47. The van der Waals surface area contributed by atoms with Crippen LogP contribution in [0.4, 0.5) is 0 Å². The van der Waals surface area contributed by atoms with E-state index in [-0.39, 0.29) is 10.5 Å². The van der Waals surface area contributed by atoms with Crippen LogP contribution in [0.25, 0.3) is 0 Å². The molecule has 2 aromatic carbocycles. The van der Waals surface area contributed by atoms with E-state index in [2.05, 4.69) is 6.58 Å². The fourth-order valence-electron chi connectivity index (χ4n) is 1.84. The molecule has 0 aliphatic heterocycles. The van der Waals surface area contributed by atoms with Crippen molar-refractivity contribution >= 4 is 27.2 Å². The fraction of sp³-hybridized carbons (Fsp3) is 0.0625. The maximum atomic E-state index is 12.2. The van der Waals surface area contributed by atoms with Crippen LogP contribution in [0.15, 0.2) is 71.6 Å².